The molecule has 0 spiro atoms. The van der Waals surface area contributed by atoms with Gasteiger partial charge in [0, 0.05) is 50.2 Å². The molecule has 2 aromatic heterocycles. The number of amides is 1. The number of nitrogens with zero attached hydrogens (tertiary/aromatic N) is 5. The highest BCUT2D eigenvalue weighted by Gasteiger charge is 2.39. The number of hydrogen-bond acceptors (Lipinski definition) is 7. The summed E-state index contributed by atoms with van der Waals surface area (Å²) in [5.74, 6) is 0.286. The molecule has 2 aliphatic rings. The summed E-state index contributed by atoms with van der Waals surface area (Å²) < 4.78 is 6.03. The minimum atomic E-state index is -0.0410. The summed E-state index contributed by atoms with van der Waals surface area (Å²) >= 11 is 1.69. The van der Waals surface area contributed by atoms with Crippen LogP contribution in [0.25, 0.3) is 0 Å². The van der Waals surface area contributed by atoms with Crippen molar-refractivity contribution in [2.24, 2.45) is 5.92 Å². The average molecular weight is 359 g/mol. The average Bonchev–Trinajstić information content (AvgIpc) is 3.16. The van der Waals surface area contributed by atoms with Crippen LogP contribution < -0.4 is 0 Å². The van der Waals surface area contributed by atoms with E-state index in [-0.39, 0.29) is 12.0 Å². The molecular weight excluding hydrogens is 338 g/mol. The number of likely N-dealkylation sites (tertiary alicyclic amines) is 1. The van der Waals surface area contributed by atoms with Crippen LogP contribution in [-0.2, 0) is 11.3 Å². The molecule has 0 unspecified atom stereocenters. The minimum Gasteiger partial charge on any atom is -0.375 e. The van der Waals surface area contributed by atoms with E-state index < -0.39 is 0 Å². The van der Waals surface area contributed by atoms with Gasteiger partial charge in [-0.3, -0.25) is 9.69 Å². The Morgan fingerprint density at radius 2 is 2.32 bits per heavy atom. The van der Waals surface area contributed by atoms with Crippen molar-refractivity contribution in [3.05, 3.63) is 40.4 Å². The summed E-state index contributed by atoms with van der Waals surface area (Å²) in [5.41, 5.74) is 1.56. The quantitative estimate of drug-likeness (QED) is 0.820. The van der Waals surface area contributed by atoms with Crippen LogP contribution in [0, 0.1) is 12.8 Å². The number of fused-ring (bicyclic) bond motifs is 1. The molecule has 0 saturated carbocycles. The van der Waals surface area contributed by atoms with E-state index in [1.165, 1.54) is 6.33 Å². The maximum atomic E-state index is 12.6. The van der Waals surface area contributed by atoms with E-state index in [1.807, 2.05) is 11.8 Å². The molecule has 2 saturated heterocycles. The molecule has 2 fully saturated rings. The van der Waals surface area contributed by atoms with Crippen molar-refractivity contribution < 1.29 is 9.53 Å². The van der Waals surface area contributed by atoms with Crippen molar-refractivity contribution in [3.8, 4) is 0 Å². The van der Waals surface area contributed by atoms with E-state index in [0.717, 1.165) is 30.3 Å². The first-order valence-electron chi connectivity index (χ1n) is 8.49. The van der Waals surface area contributed by atoms with Crippen LogP contribution in [0.3, 0.4) is 0 Å². The van der Waals surface area contributed by atoms with E-state index >= 15 is 0 Å². The standard InChI is InChI=1S/C17H21N5O2S/c1-12-20-14(10-25-12)8-21-4-5-24-16-9-22(7-13(16)6-21)17(23)15-2-3-18-11-19-15/h2-3,10-11,13,16H,4-9H2,1H3/t13-,16+/m0/s1. The fourth-order valence-electron chi connectivity index (χ4n) is 3.56. The summed E-state index contributed by atoms with van der Waals surface area (Å²) in [7, 11) is 0. The van der Waals surface area contributed by atoms with Gasteiger partial charge in [0.25, 0.3) is 5.91 Å². The molecular formula is C17H21N5O2S. The van der Waals surface area contributed by atoms with Crippen molar-refractivity contribution >= 4 is 17.2 Å². The Hall–Kier alpha value is -1.90. The van der Waals surface area contributed by atoms with Gasteiger partial charge in [-0.25, -0.2) is 15.0 Å². The molecule has 4 rings (SSSR count). The molecule has 2 atom stereocenters. The van der Waals surface area contributed by atoms with E-state index in [0.29, 0.717) is 31.3 Å². The van der Waals surface area contributed by atoms with Crippen LogP contribution in [0.4, 0.5) is 0 Å². The number of carbonyl (C=O) groups is 1. The minimum absolute atomic E-state index is 0.0410. The summed E-state index contributed by atoms with van der Waals surface area (Å²) in [6.07, 6.45) is 3.12. The van der Waals surface area contributed by atoms with E-state index in [2.05, 4.69) is 25.2 Å². The molecule has 1 amide bonds. The van der Waals surface area contributed by atoms with Gasteiger partial charge in [0.1, 0.15) is 12.0 Å². The van der Waals surface area contributed by atoms with Crippen LogP contribution >= 0.6 is 11.3 Å². The summed E-state index contributed by atoms with van der Waals surface area (Å²) in [6.45, 7) is 6.75. The van der Waals surface area contributed by atoms with Gasteiger partial charge in [0.2, 0.25) is 0 Å². The summed E-state index contributed by atoms with van der Waals surface area (Å²) in [6, 6.07) is 1.66. The highest BCUT2D eigenvalue weighted by atomic mass is 32.1. The molecule has 8 heteroatoms. The zero-order valence-electron chi connectivity index (χ0n) is 14.2. The third-order valence-corrected chi connectivity index (χ3v) is 5.58. The fraction of sp³-hybridized carbons (Fsp3) is 0.529. The van der Waals surface area contributed by atoms with Crippen molar-refractivity contribution in [2.45, 2.75) is 19.6 Å². The predicted molar refractivity (Wildman–Crippen MR) is 93.3 cm³/mol. The zero-order valence-corrected chi connectivity index (χ0v) is 15.0. The largest absolute Gasteiger partial charge is 0.375 e. The van der Waals surface area contributed by atoms with Gasteiger partial charge in [-0.2, -0.15) is 0 Å². The number of rotatable bonds is 3. The van der Waals surface area contributed by atoms with Gasteiger partial charge in [0.05, 0.1) is 23.4 Å². The molecule has 7 nitrogen and oxygen atoms in total. The Bertz CT molecular complexity index is 738. The van der Waals surface area contributed by atoms with Crippen LogP contribution in [0.5, 0.6) is 0 Å². The first kappa shape index (κ1) is 16.6. The lowest BCUT2D eigenvalue weighted by molar-refractivity contribution is 0.0482. The summed E-state index contributed by atoms with van der Waals surface area (Å²) in [5, 5.41) is 3.22. The van der Waals surface area contributed by atoms with Crippen molar-refractivity contribution in [1.82, 2.24) is 24.8 Å². The second-order valence-electron chi connectivity index (χ2n) is 6.57. The SMILES string of the molecule is Cc1nc(CN2CCO[C@@H]3CN(C(=O)c4ccncn4)C[C@@H]3C2)cs1. The van der Waals surface area contributed by atoms with Gasteiger partial charge in [-0.05, 0) is 13.0 Å². The first-order chi connectivity index (χ1) is 12.2. The number of hydrogen-bond donors (Lipinski definition) is 0. The molecule has 4 heterocycles. The zero-order chi connectivity index (χ0) is 17.2. The van der Waals surface area contributed by atoms with Crippen molar-refractivity contribution in [2.75, 3.05) is 32.8 Å². The predicted octanol–water partition coefficient (Wildman–Crippen LogP) is 1.21. The molecule has 0 N–H and O–H groups in total. The highest BCUT2D eigenvalue weighted by Crippen LogP contribution is 2.25. The molecule has 0 radical (unpaired) electrons. The Morgan fingerprint density at radius 3 is 3.08 bits per heavy atom. The van der Waals surface area contributed by atoms with Crippen molar-refractivity contribution in [1.29, 1.82) is 0 Å². The van der Waals surface area contributed by atoms with Crippen LogP contribution in [0.15, 0.2) is 24.0 Å². The number of aromatic nitrogens is 3. The third-order valence-electron chi connectivity index (χ3n) is 4.75. The third kappa shape index (κ3) is 3.70. The van der Waals surface area contributed by atoms with Crippen LogP contribution in [-0.4, -0.2) is 69.5 Å². The fourth-order valence-corrected chi connectivity index (χ4v) is 4.16. The van der Waals surface area contributed by atoms with Crippen molar-refractivity contribution in [3.63, 3.8) is 0 Å². The lowest BCUT2D eigenvalue weighted by Crippen LogP contribution is -2.34. The lowest BCUT2D eigenvalue weighted by Gasteiger charge is -2.22. The lowest BCUT2D eigenvalue weighted by atomic mass is 10.1. The van der Waals surface area contributed by atoms with Gasteiger partial charge in [-0.15, -0.1) is 11.3 Å². The number of carbonyl (C=O) groups excluding carboxylic acids is 1. The monoisotopic (exact) mass is 359 g/mol. The topological polar surface area (TPSA) is 71.5 Å². The van der Waals surface area contributed by atoms with E-state index in [9.17, 15) is 4.79 Å². The Balaban J connectivity index is 1.41. The molecule has 0 aliphatic carbocycles. The normalized spacial score (nSPS) is 24.1. The second kappa shape index (κ2) is 7.15. The van der Waals surface area contributed by atoms with E-state index in [1.54, 1.807) is 23.6 Å². The molecule has 25 heavy (non-hydrogen) atoms. The van der Waals surface area contributed by atoms with Gasteiger partial charge >= 0.3 is 0 Å². The molecule has 132 valence electrons. The van der Waals surface area contributed by atoms with Crippen LogP contribution in [0.2, 0.25) is 0 Å². The van der Waals surface area contributed by atoms with Gasteiger partial charge in [-0.1, -0.05) is 0 Å². The number of aryl methyl sites for hydroxylation is 1. The summed E-state index contributed by atoms with van der Waals surface area (Å²) in [4.78, 5) is 29.4. The Kier molecular flexibility index (Phi) is 4.74. The molecule has 2 aliphatic heterocycles. The van der Waals surface area contributed by atoms with Gasteiger partial charge < -0.3 is 9.64 Å². The second-order valence-corrected chi connectivity index (χ2v) is 7.63. The number of ether oxygens (including phenoxy) is 1. The smallest absolute Gasteiger partial charge is 0.272 e. The van der Waals surface area contributed by atoms with Gasteiger partial charge in [0.15, 0.2) is 0 Å². The highest BCUT2D eigenvalue weighted by molar-refractivity contribution is 7.09. The maximum Gasteiger partial charge on any atom is 0.272 e. The van der Waals surface area contributed by atoms with Crippen LogP contribution in [0.1, 0.15) is 21.2 Å². The maximum absolute atomic E-state index is 12.6. The molecule has 2 aromatic rings. The first-order valence-corrected chi connectivity index (χ1v) is 9.37. The van der Waals surface area contributed by atoms with E-state index in [4.69, 9.17) is 4.74 Å². The number of thiazole rings is 1. The Labute approximate surface area is 150 Å². The Morgan fingerprint density at radius 1 is 1.40 bits per heavy atom. The molecule has 0 aromatic carbocycles. The molecule has 0 bridgehead atoms.